The van der Waals surface area contributed by atoms with Crippen molar-refractivity contribution >= 4 is 0 Å². The van der Waals surface area contributed by atoms with Crippen molar-refractivity contribution in [3.05, 3.63) is 23.3 Å². The molecule has 0 aliphatic heterocycles. The van der Waals surface area contributed by atoms with Gasteiger partial charge in [0.2, 0.25) is 0 Å². The van der Waals surface area contributed by atoms with E-state index in [1.165, 1.54) is 141 Å². The Labute approximate surface area is 257 Å². The maximum atomic E-state index is 6.12. The highest BCUT2D eigenvalue weighted by Gasteiger charge is 2.25. The van der Waals surface area contributed by atoms with Crippen LogP contribution in [0.3, 0.4) is 0 Å². The van der Waals surface area contributed by atoms with Crippen LogP contribution in [0.15, 0.2) is 23.3 Å². The maximum Gasteiger partial charge on any atom is 0.0503 e. The smallest absolute Gasteiger partial charge is 0.0503 e. The van der Waals surface area contributed by atoms with Gasteiger partial charge in [-0.2, -0.15) is 0 Å². The number of ether oxygens (including phenoxy) is 1. The third kappa shape index (κ3) is 12.2. The van der Waals surface area contributed by atoms with Gasteiger partial charge in [0.05, 0.1) is 13.2 Å². The highest BCUT2D eigenvalue weighted by Crippen LogP contribution is 2.38. The minimum absolute atomic E-state index is 0.899. The van der Waals surface area contributed by atoms with Crippen LogP contribution in [-0.4, -0.2) is 13.2 Å². The van der Waals surface area contributed by atoms with E-state index < -0.39 is 0 Å². The van der Waals surface area contributed by atoms with Crippen molar-refractivity contribution in [2.45, 2.75) is 169 Å². The lowest BCUT2D eigenvalue weighted by Gasteiger charge is -2.31. The summed E-state index contributed by atoms with van der Waals surface area (Å²) in [5, 5.41) is 0. The Bertz CT molecular complexity index is 694. The summed E-state index contributed by atoms with van der Waals surface area (Å²) in [7, 11) is 0. The van der Waals surface area contributed by atoms with E-state index in [0.29, 0.717) is 0 Å². The lowest BCUT2D eigenvalue weighted by Crippen LogP contribution is -2.18. The second-order valence-corrected chi connectivity index (χ2v) is 16.0. The molecule has 4 rings (SSSR count). The van der Waals surface area contributed by atoms with E-state index in [1.54, 1.807) is 11.1 Å². The molecule has 41 heavy (non-hydrogen) atoms. The molecule has 0 heterocycles. The average Bonchev–Trinajstić information content (AvgIpc) is 2.99. The Morgan fingerprint density at radius 1 is 0.537 bits per heavy atom. The van der Waals surface area contributed by atoms with E-state index in [2.05, 4.69) is 39.8 Å². The van der Waals surface area contributed by atoms with Gasteiger partial charge in [-0.1, -0.05) is 115 Å². The number of allylic oxidation sites excluding steroid dienone is 2. The van der Waals surface area contributed by atoms with Crippen molar-refractivity contribution < 1.29 is 4.74 Å². The van der Waals surface area contributed by atoms with Gasteiger partial charge in [0.25, 0.3) is 0 Å². The molecule has 0 radical (unpaired) electrons. The second-order valence-electron chi connectivity index (χ2n) is 16.0. The minimum atomic E-state index is 0.899. The van der Waals surface area contributed by atoms with E-state index in [4.69, 9.17) is 4.74 Å². The third-order valence-electron chi connectivity index (χ3n) is 12.5. The van der Waals surface area contributed by atoms with E-state index >= 15 is 0 Å². The van der Waals surface area contributed by atoms with Crippen molar-refractivity contribution in [1.82, 2.24) is 0 Å². The zero-order valence-corrected chi connectivity index (χ0v) is 28.2. The minimum Gasteiger partial charge on any atom is -0.381 e. The highest BCUT2D eigenvalue weighted by molar-refractivity contribution is 5.07. The predicted molar refractivity (Wildman–Crippen MR) is 179 cm³/mol. The summed E-state index contributed by atoms with van der Waals surface area (Å²) in [6, 6.07) is 0. The Balaban J connectivity index is 0.964. The van der Waals surface area contributed by atoms with Crippen molar-refractivity contribution in [3.8, 4) is 0 Å². The van der Waals surface area contributed by atoms with Gasteiger partial charge in [0, 0.05) is 0 Å². The lowest BCUT2D eigenvalue weighted by molar-refractivity contribution is 0.138. The molecule has 236 valence electrons. The maximum absolute atomic E-state index is 6.12. The number of hydrogen-bond acceptors (Lipinski definition) is 1. The van der Waals surface area contributed by atoms with Crippen molar-refractivity contribution in [1.29, 1.82) is 0 Å². The zero-order chi connectivity index (χ0) is 28.9. The molecule has 0 spiro atoms. The van der Waals surface area contributed by atoms with Crippen molar-refractivity contribution in [2.24, 2.45) is 47.3 Å². The zero-order valence-electron chi connectivity index (χ0n) is 28.2. The Hall–Kier alpha value is -0.560. The summed E-state index contributed by atoms with van der Waals surface area (Å²) in [5.74, 6) is 7.81. The van der Waals surface area contributed by atoms with Gasteiger partial charge in [-0.25, -0.2) is 0 Å². The molecule has 0 aromatic carbocycles. The van der Waals surface area contributed by atoms with Gasteiger partial charge in [-0.05, 0) is 124 Å². The standard InChI is InChI=1S/C40H70O/c1-31(2)39-23-19-35(20-24-39)9-5-7-33-11-15-37(16-12-33)27-29-41-30-28-38-17-13-34(14-18-38)8-6-10-36-21-25-40(26-22-36)32(3)4/h15,17,31-36,39-40H,5-14,16,18-30H2,1-4H3. The normalized spacial score (nSPS) is 31.4. The van der Waals surface area contributed by atoms with Gasteiger partial charge < -0.3 is 4.74 Å². The first-order valence-electron chi connectivity index (χ1n) is 18.9. The summed E-state index contributed by atoms with van der Waals surface area (Å²) in [6.45, 7) is 11.6. The molecule has 0 aromatic heterocycles. The van der Waals surface area contributed by atoms with Crippen molar-refractivity contribution in [3.63, 3.8) is 0 Å². The summed E-state index contributed by atoms with van der Waals surface area (Å²) in [5.41, 5.74) is 3.36. The molecule has 0 N–H and O–H groups in total. The topological polar surface area (TPSA) is 9.23 Å². The molecule has 0 bridgehead atoms. The molecule has 0 amide bonds. The number of hydrogen-bond donors (Lipinski definition) is 0. The molecule has 4 aliphatic carbocycles. The molecule has 1 nitrogen and oxygen atoms in total. The lowest BCUT2D eigenvalue weighted by atomic mass is 9.75. The predicted octanol–water partition coefficient (Wildman–Crippen LogP) is 12.5. The van der Waals surface area contributed by atoms with Crippen LogP contribution in [0.25, 0.3) is 0 Å². The fourth-order valence-corrected chi connectivity index (χ4v) is 9.05. The monoisotopic (exact) mass is 567 g/mol. The van der Waals surface area contributed by atoms with Crippen LogP contribution < -0.4 is 0 Å². The first kappa shape index (κ1) is 33.3. The fraction of sp³-hybridized carbons (Fsp3) is 0.900. The van der Waals surface area contributed by atoms with Gasteiger partial charge in [-0.3, -0.25) is 0 Å². The van der Waals surface area contributed by atoms with E-state index in [9.17, 15) is 0 Å². The van der Waals surface area contributed by atoms with Crippen LogP contribution >= 0.6 is 0 Å². The first-order valence-corrected chi connectivity index (χ1v) is 18.9. The van der Waals surface area contributed by atoms with Gasteiger partial charge in [-0.15, -0.1) is 0 Å². The molecule has 1 heteroatoms. The van der Waals surface area contributed by atoms with E-state index in [1.807, 2.05) is 0 Å². The molecule has 0 aromatic rings. The Morgan fingerprint density at radius 3 is 1.27 bits per heavy atom. The van der Waals surface area contributed by atoms with Gasteiger partial charge in [0.1, 0.15) is 0 Å². The van der Waals surface area contributed by atoms with E-state index in [-0.39, 0.29) is 0 Å². The van der Waals surface area contributed by atoms with Crippen LogP contribution in [0.2, 0.25) is 0 Å². The van der Waals surface area contributed by atoms with Crippen LogP contribution in [0.1, 0.15) is 169 Å². The Morgan fingerprint density at radius 2 is 0.927 bits per heavy atom. The fourth-order valence-electron chi connectivity index (χ4n) is 9.05. The van der Waals surface area contributed by atoms with Crippen LogP contribution in [0.5, 0.6) is 0 Å². The number of rotatable bonds is 16. The van der Waals surface area contributed by atoms with E-state index in [0.717, 1.165) is 60.6 Å². The quantitative estimate of drug-likeness (QED) is 0.133. The van der Waals surface area contributed by atoms with Crippen molar-refractivity contribution in [2.75, 3.05) is 13.2 Å². The first-order chi connectivity index (χ1) is 20.0. The molecule has 2 saturated carbocycles. The molecule has 2 unspecified atom stereocenters. The summed E-state index contributed by atoms with van der Waals surface area (Å²) in [6.07, 6.45) is 36.6. The molecule has 4 aliphatic rings. The average molecular weight is 567 g/mol. The third-order valence-corrected chi connectivity index (χ3v) is 12.5. The van der Waals surface area contributed by atoms with Crippen LogP contribution in [0, 0.1) is 47.3 Å². The summed E-state index contributed by atoms with van der Waals surface area (Å²) >= 11 is 0. The molecular formula is C40H70O. The summed E-state index contributed by atoms with van der Waals surface area (Å²) < 4.78 is 6.12. The molecule has 0 saturated heterocycles. The largest absolute Gasteiger partial charge is 0.381 e. The van der Waals surface area contributed by atoms with Gasteiger partial charge in [0.15, 0.2) is 0 Å². The summed E-state index contributed by atoms with van der Waals surface area (Å²) in [4.78, 5) is 0. The Kier molecular flexibility index (Phi) is 14.9. The molecule has 2 fully saturated rings. The SMILES string of the molecule is CC(C)C1CCC(CCCC2CC=C(CCOCCC3=CCC(CCCC4CCC(C(C)C)CC4)CC3)CC2)CC1. The van der Waals surface area contributed by atoms with Gasteiger partial charge >= 0.3 is 0 Å². The molecular weight excluding hydrogens is 496 g/mol. The second kappa shape index (κ2) is 18.3. The van der Waals surface area contributed by atoms with Crippen LogP contribution in [0.4, 0.5) is 0 Å². The highest BCUT2D eigenvalue weighted by atomic mass is 16.5. The van der Waals surface area contributed by atoms with Crippen LogP contribution in [-0.2, 0) is 4.74 Å². The molecule has 2 atom stereocenters.